The lowest BCUT2D eigenvalue weighted by atomic mass is 9.62. The van der Waals surface area contributed by atoms with E-state index in [1.807, 2.05) is 37.8 Å². The van der Waals surface area contributed by atoms with E-state index in [0.717, 1.165) is 25.0 Å². The van der Waals surface area contributed by atoms with Gasteiger partial charge < -0.3 is 14.6 Å². The van der Waals surface area contributed by atoms with Crippen LogP contribution in [0.4, 0.5) is 0 Å². The highest BCUT2D eigenvalue weighted by Crippen LogP contribution is 2.47. The molecule has 2 heterocycles. The van der Waals surface area contributed by atoms with E-state index in [1.54, 1.807) is 0 Å². The molecule has 2 aromatic rings. The highest BCUT2D eigenvalue weighted by Gasteiger charge is 2.43. The minimum absolute atomic E-state index is 0.0492. The zero-order valence-corrected chi connectivity index (χ0v) is 26.1. The molecule has 5 rings (SSSR count). The van der Waals surface area contributed by atoms with Gasteiger partial charge in [0, 0.05) is 18.5 Å². The molecule has 3 aliphatic rings. The van der Waals surface area contributed by atoms with Crippen molar-refractivity contribution in [2.45, 2.75) is 129 Å². The van der Waals surface area contributed by atoms with Gasteiger partial charge in [0.05, 0.1) is 0 Å². The fraction of sp³-hybridized carbons (Fsp3) is 0.657. The maximum Gasteiger partial charge on any atom is 0.290 e. The van der Waals surface area contributed by atoms with Crippen molar-refractivity contribution in [2.75, 3.05) is 6.54 Å². The molecule has 2 fully saturated rings. The first-order chi connectivity index (χ1) is 18.6. The van der Waals surface area contributed by atoms with E-state index in [1.165, 1.54) is 47.9 Å². The third-order valence-electron chi connectivity index (χ3n) is 10.0. The predicted octanol–water partition coefficient (Wildman–Crippen LogP) is 7.46. The lowest BCUT2D eigenvalue weighted by Gasteiger charge is -2.45. The van der Waals surface area contributed by atoms with Crippen LogP contribution in [-0.4, -0.2) is 34.8 Å². The van der Waals surface area contributed by atoms with Gasteiger partial charge in [0.2, 0.25) is 5.91 Å². The number of hydrogen-bond acceptors (Lipinski definition) is 3. The summed E-state index contributed by atoms with van der Waals surface area (Å²) < 4.78 is 6.24. The normalized spacial score (nSPS) is 25.6. The fourth-order valence-electron chi connectivity index (χ4n) is 7.43. The average molecular weight is 547 g/mol. The third kappa shape index (κ3) is 5.76. The number of likely N-dealkylation sites (tertiary alicyclic amines) is 1. The van der Waals surface area contributed by atoms with Gasteiger partial charge in [-0.1, -0.05) is 59.1 Å². The molecule has 5 heteroatoms. The van der Waals surface area contributed by atoms with Crippen LogP contribution in [-0.2, 0) is 22.0 Å². The molecule has 3 atom stereocenters. The lowest BCUT2D eigenvalue weighted by Crippen LogP contribution is -2.59. The second-order valence-electron chi connectivity index (χ2n) is 15.3. The van der Waals surface area contributed by atoms with Gasteiger partial charge in [0.15, 0.2) is 5.76 Å². The van der Waals surface area contributed by atoms with Crippen molar-refractivity contribution in [3.05, 3.63) is 58.0 Å². The Morgan fingerprint density at radius 2 is 1.60 bits per heavy atom. The molecule has 1 aromatic carbocycles. The molecule has 0 radical (unpaired) electrons. The Bertz CT molecular complexity index is 1280. The summed E-state index contributed by atoms with van der Waals surface area (Å²) in [6, 6.07) is 8.07. The molecule has 2 amide bonds. The zero-order valence-electron chi connectivity index (χ0n) is 26.1. The Labute approximate surface area is 241 Å². The van der Waals surface area contributed by atoms with Crippen LogP contribution in [0.2, 0.25) is 0 Å². The molecule has 0 spiro atoms. The molecule has 218 valence electrons. The maximum atomic E-state index is 13.9. The summed E-state index contributed by atoms with van der Waals surface area (Å²) in [5.41, 5.74) is 5.41. The van der Waals surface area contributed by atoms with Crippen LogP contribution in [0.15, 0.2) is 28.7 Å². The second-order valence-corrected chi connectivity index (χ2v) is 15.3. The minimum atomic E-state index is -0.451. The van der Waals surface area contributed by atoms with E-state index in [4.69, 9.17) is 4.42 Å². The average Bonchev–Trinajstić information content (AvgIpc) is 3.34. The number of aryl methyl sites for hydroxylation is 1. The molecule has 5 nitrogen and oxygen atoms in total. The number of amides is 2. The molecule has 1 unspecified atom stereocenters. The number of fused-ring (bicyclic) bond motifs is 2. The van der Waals surface area contributed by atoms with Gasteiger partial charge in [0.25, 0.3) is 5.91 Å². The molecule has 1 saturated heterocycles. The number of furan rings is 1. The molecular weight excluding hydrogens is 496 g/mol. The molecular formula is C35H50N2O3. The number of piperidine rings is 1. The third-order valence-corrected chi connectivity index (χ3v) is 10.0. The highest BCUT2D eigenvalue weighted by molar-refractivity contribution is 5.96. The van der Waals surface area contributed by atoms with Crippen molar-refractivity contribution in [1.82, 2.24) is 10.2 Å². The largest absolute Gasteiger partial charge is 0.456 e. The molecule has 40 heavy (non-hydrogen) atoms. The summed E-state index contributed by atoms with van der Waals surface area (Å²) in [7, 11) is 0. The summed E-state index contributed by atoms with van der Waals surface area (Å²) in [6.07, 6.45) is 8.50. The molecule has 2 aliphatic carbocycles. The summed E-state index contributed by atoms with van der Waals surface area (Å²) in [5, 5.41) is 3.14. The Morgan fingerprint density at radius 3 is 2.25 bits per heavy atom. The Balaban J connectivity index is 1.39. The van der Waals surface area contributed by atoms with Gasteiger partial charge in [0.1, 0.15) is 11.8 Å². The lowest BCUT2D eigenvalue weighted by molar-refractivity contribution is -0.130. The summed E-state index contributed by atoms with van der Waals surface area (Å²) in [5.74, 6) is 1.91. The van der Waals surface area contributed by atoms with E-state index in [2.05, 4.69) is 52.1 Å². The highest BCUT2D eigenvalue weighted by atomic mass is 16.4. The van der Waals surface area contributed by atoms with E-state index in [-0.39, 0.29) is 28.2 Å². The summed E-state index contributed by atoms with van der Waals surface area (Å²) >= 11 is 0. The van der Waals surface area contributed by atoms with Crippen LogP contribution in [0.3, 0.4) is 0 Å². The van der Waals surface area contributed by atoms with Crippen molar-refractivity contribution in [3.8, 4) is 0 Å². The monoisotopic (exact) mass is 546 g/mol. The van der Waals surface area contributed by atoms with E-state index >= 15 is 0 Å². The van der Waals surface area contributed by atoms with E-state index < -0.39 is 6.04 Å². The predicted molar refractivity (Wildman–Crippen MR) is 161 cm³/mol. The van der Waals surface area contributed by atoms with Crippen LogP contribution in [0, 0.1) is 18.8 Å². The Morgan fingerprint density at radius 1 is 0.975 bits per heavy atom. The van der Waals surface area contributed by atoms with Crippen LogP contribution in [0.25, 0.3) is 0 Å². The van der Waals surface area contributed by atoms with Gasteiger partial charge in [-0.15, -0.1) is 0 Å². The van der Waals surface area contributed by atoms with Gasteiger partial charge in [-0.2, -0.15) is 0 Å². The first kappa shape index (κ1) is 29.0. The number of benzene rings is 1. The van der Waals surface area contributed by atoms with Crippen LogP contribution >= 0.6 is 0 Å². The minimum Gasteiger partial charge on any atom is -0.456 e. The molecule has 1 N–H and O–H groups in total. The summed E-state index contributed by atoms with van der Waals surface area (Å²) in [6.45, 7) is 18.2. The fourth-order valence-corrected chi connectivity index (χ4v) is 7.43. The van der Waals surface area contributed by atoms with Crippen molar-refractivity contribution < 1.29 is 14.0 Å². The number of carbonyl (C=O) groups is 2. The van der Waals surface area contributed by atoms with Gasteiger partial charge >= 0.3 is 0 Å². The molecule has 0 bridgehead atoms. The number of carbonyl (C=O) groups excluding carboxylic acids is 2. The molecule has 1 saturated carbocycles. The SMILES string of the molecule is Cc1cc2c(cc1Cc1ccc(C(=O)N3C[C@@H]4CCCC[C@@H]4CC3C(=O)NC(C)(C)C)o1)C(C)(C)CCC2(C)C. The Hall–Kier alpha value is -2.56. The van der Waals surface area contributed by atoms with Crippen molar-refractivity contribution in [1.29, 1.82) is 0 Å². The van der Waals surface area contributed by atoms with E-state index in [9.17, 15) is 9.59 Å². The molecule has 1 aliphatic heterocycles. The van der Waals surface area contributed by atoms with Crippen LogP contribution in [0.5, 0.6) is 0 Å². The smallest absolute Gasteiger partial charge is 0.290 e. The number of hydrogen-bond donors (Lipinski definition) is 1. The number of nitrogens with one attached hydrogen (secondary N) is 1. The zero-order chi connectivity index (χ0) is 29.0. The topological polar surface area (TPSA) is 62.6 Å². The van der Waals surface area contributed by atoms with Gasteiger partial charge in [-0.3, -0.25) is 9.59 Å². The van der Waals surface area contributed by atoms with Crippen molar-refractivity contribution in [2.24, 2.45) is 11.8 Å². The quantitative estimate of drug-likeness (QED) is 0.433. The number of nitrogens with zero attached hydrogens (tertiary/aromatic N) is 1. The van der Waals surface area contributed by atoms with Gasteiger partial charge in [-0.05, 0) is 110 Å². The summed E-state index contributed by atoms with van der Waals surface area (Å²) in [4.78, 5) is 29.1. The Kier molecular flexibility index (Phi) is 7.50. The van der Waals surface area contributed by atoms with Crippen LogP contribution in [0.1, 0.15) is 132 Å². The first-order valence-corrected chi connectivity index (χ1v) is 15.5. The van der Waals surface area contributed by atoms with E-state index in [0.29, 0.717) is 30.6 Å². The second kappa shape index (κ2) is 10.4. The number of rotatable bonds is 4. The maximum absolute atomic E-state index is 13.9. The van der Waals surface area contributed by atoms with Crippen molar-refractivity contribution >= 4 is 11.8 Å². The van der Waals surface area contributed by atoms with Crippen molar-refractivity contribution in [3.63, 3.8) is 0 Å². The first-order valence-electron chi connectivity index (χ1n) is 15.5. The van der Waals surface area contributed by atoms with Gasteiger partial charge in [-0.25, -0.2) is 0 Å². The molecule has 1 aromatic heterocycles. The van der Waals surface area contributed by atoms with Crippen LogP contribution < -0.4 is 5.32 Å². The standard InChI is InChI=1S/C35H50N2O3/c1-22-17-27-28(35(7,8)16-15-34(27,5)6)19-25(22)18-26-13-14-30(40-26)32(39)37-21-24-12-10-9-11-23(24)20-29(37)31(38)36-33(2,3)4/h13-14,17,19,23-24,29H,9-12,15-16,18,20-21H2,1-8H3,(H,36,38)/t23-,24+,29?/m1/s1.